The second-order valence-electron chi connectivity index (χ2n) is 4.58. The molecule has 0 aliphatic carbocycles. The molecule has 0 aromatic carbocycles. The number of urea groups is 1. The molecule has 3 N–H and O–H groups in total. The summed E-state index contributed by atoms with van der Waals surface area (Å²) in [6.45, 7) is 3.75. The maximum Gasteiger partial charge on any atom is 0.329 e. The van der Waals surface area contributed by atoms with Gasteiger partial charge in [0.2, 0.25) is 0 Å². The average molecular weight is 274 g/mol. The van der Waals surface area contributed by atoms with Gasteiger partial charge in [-0.3, -0.25) is 10.1 Å². The minimum absolute atomic E-state index is 0.451. The molecule has 0 aromatic rings. The fourth-order valence-electron chi connectivity index (χ4n) is 1.32. The number of ether oxygens (including phenoxy) is 1. The normalized spacial score (nSPS) is 10.3. The summed E-state index contributed by atoms with van der Waals surface area (Å²) in [5.74, 6) is -1.19. The van der Waals surface area contributed by atoms with E-state index >= 15 is 0 Å². The molecule has 0 saturated carbocycles. The summed E-state index contributed by atoms with van der Waals surface area (Å²) in [5.41, 5.74) is 0. The van der Waals surface area contributed by atoms with Crippen LogP contribution in [0.1, 0.15) is 33.1 Å². The summed E-state index contributed by atoms with van der Waals surface area (Å²) in [6, 6.07) is -0.589. The summed E-state index contributed by atoms with van der Waals surface area (Å²) in [7, 11) is 0. The molecule has 3 amide bonds. The second kappa shape index (κ2) is 10.3. The Morgan fingerprint density at radius 1 is 1.16 bits per heavy atom. The largest absolute Gasteiger partial charge is 0.480 e. The predicted molar refractivity (Wildman–Crippen MR) is 68.7 cm³/mol. The van der Waals surface area contributed by atoms with Crippen molar-refractivity contribution in [1.82, 2.24) is 10.6 Å². The first kappa shape index (κ1) is 17.4. The van der Waals surface area contributed by atoms with Crippen LogP contribution in [0.25, 0.3) is 0 Å². The van der Waals surface area contributed by atoms with E-state index in [1.807, 2.05) is 5.32 Å². The van der Waals surface area contributed by atoms with Gasteiger partial charge in [-0.2, -0.15) is 0 Å². The van der Waals surface area contributed by atoms with Gasteiger partial charge in [-0.05, 0) is 12.3 Å². The SMILES string of the molecule is CC(C)CCCCNC(=O)NC(=O)COCC(=O)O. The number of unbranched alkanes of at least 4 members (excludes halogenated alkanes) is 1. The molecule has 0 heterocycles. The lowest BCUT2D eigenvalue weighted by Crippen LogP contribution is -2.41. The number of rotatable bonds is 9. The number of imide groups is 1. The van der Waals surface area contributed by atoms with Crippen molar-refractivity contribution in [3.05, 3.63) is 0 Å². The molecule has 0 unspecified atom stereocenters. The van der Waals surface area contributed by atoms with Crippen LogP contribution in [-0.4, -0.2) is 42.8 Å². The summed E-state index contributed by atoms with van der Waals surface area (Å²) < 4.78 is 4.54. The van der Waals surface area contributed by atoms with Gasteiger partial charge in [0, 0.05) is 6.54 Å². The van der Waals surface area contributed by atoms with Crippen LogP contribution in [0.15, 0.2) is 0 Å². The third-order valence-corrected chi connectivity index (χ3v) is 2.21. The lowest BCUT2D eigenvalue weighted by atomic mass is 10.1. The molecule has 0 aliphatic rings. The Bertz CT molecular complexity index is 304. The van der Waals surface area contributed by atoms with E-state index in [1.54, 1.807) is 0 Å². The lowest BCUT2D eigenvalue weighted by molar-refractivity contribution is -0.143. The first-order chi connectivity index (χ1) is 8.91. The van der Waals surface area contributed by atoms with Crippen LogP contribution in [-0.2, 0) is 14.3 Å². The van der Waals surface area contributed by atoms with E-state index < -0.39 is 31.1 Å². The summed E-state index contributed by atoms with van der Waals surface area (Å²) in [4.78, 5) is 32.5. The molecule has 19 heavy (non-hydrogen) atoms. The lowest BCUT2D eigenvalue weighted by Gasteiger charge is -2.07. The van der Waals surface area contributed by atoms with Crippen LogP contribution in [0.3, 0.4) is 0 Å². The van der Waals surface area contributed by atoms with Gasteiger partial charge < -0.3 is 15.2 Å². The highest BCUT2D eigenvalue weighted by Gasteiger charge is 2.08. The Hall–Kier alpha value is -1.63. The Balaban J connectivity index is 3.52. The van der Waals surface area contributed by atoms with Crippen molar-refractivity contribution in [2.45, 2.75) is 33.1 Å². The topological polar surface area (TPSA) is 105 Å². The highest BCUT2D eigenvalue weighted by atomic mass is 16.5. The van der Waals surface area contributed by atoms with Crippen molar-refractivity contribution < 1.29 is 24.2 Å². The van der Waals surface area contributed by atoms with E-state index in [-0.39, 0.29) is 0 Å². The Morgan fingerprint density at radius 3 is 2.42 bits per heavy atom. The van der Waals surface area contributed by atoms with Crippen molar-refractivity contribution in [1.29, 1.82) is 0 Å². The number of nitrogens with one attached hydrogen (secondary N) is 2. The molecule has 0 radical (unpaired) electrons. The molecular formula is C12H22N2O5. The van der Waals surface area contributed by atoms with Gasteiger partial charge in [-0.1, -0.05) is 26.7 Å². The zero-order chi connectivity index (χ0) is 14.7. The second-order valence-corrected chi connectivity index (χ2v) is 4.58. The molecule has 0 aromatic heterocycles. The maximum absolute atomic E-state index is 11.2. The number of aliphatic carboxylic acids is 1. The fraction of sp³-hybridized carbons (Fsp3) is 0.750. The number of carbonyl (C=O) groups is 3. The van der Waals surface area contributed by atoms with E-state index in [0.29, 0.717) is 12.5 Å². The van der Waals surface area contributed by atoms with Crippen molar-refractivity contribution in [3.63, 3.8) is 0 Å². The predicted octanol–water partition coefficient (Wildman–Crippen LogP) is 0.740. The minimum Gasteiger partial charge on any atom is -0.480 e. The zero-order valence-electron chi connectivity index (χ0n) is 11.4. The summed E-state index contributed by atoms with van der Waals surface area (Å²) >= 11 is 0. The molecule has 0 saturated heterocycles. The van der Waals surface area contributed by atoms with Gasteiger partial charge in [-0.25, -0.2) is 9.59 Å². The van der Waals surface area contributed by atoms with Crippen molar-refractivity contribution in [2.24, 2.45) is 5.92 Å². The van der Waals surface area contributed by atoms with Gasteiger partial charge in [-0.15, -0.1) is 0 Å². The number of carboxylic acid groups (broad SMARTS) is 1. The molecule has 0 atom stereocenters. The molecular weight excluding hydrogens is 252 g/mol. The van der Waals surface area contributed by atoms with Crippen LogP contribution >= 0.6 is 0 Å². The van der Waals surface area contributed by atoms with E-state index in [9.17, 15) is 14.4 Å². The Morgan fingerprint density at radius 2 is 1.84 bits per heavy atom. The van der Waals surface area contributed by atoms with Crippen LogP contribution in [0.4, 0.5) is 4.79 Å². The van der Waals surface area contributed by atoms with Crippen LogP contribution in [0.2, 0.25) is 0 Å². The first-order valence-corrected chi connectivity index (χ1v) is 6.29. The fourth-order valence-corrected chi connectivity index (χ4v) is 1.32. The number of hydrogen-bond donors (Lipinski definition) is 3. The number of amides is 3. The quantitative estimate of drug-likeness (QED) is 0.538. The summed E-state index contributed by atoms with van der Waals surface area (Å²) in [5, 5.41) is 12.9. The molecule has 0 aliphatic heterocycles. The molecule has 0 spiro atoms. The van der Waals surface area contributed by atoms with Gasteiger partial charge in [0.1, 0.15) is 13.2 Å². The smallest absolute Gasteiger partial charge is 0.329 e. The van der Waals surface area contributed by atoms with E-state index in [4.69, 9.17) is 5.11 Å². The van der Waals surface area contributed by atoms with Crippen molar-refractivity contribution in [2.75, 3.05) is 19.8 Å². The Kier molecular flexibility index (Phi) is 9.42. The van der Waals surface area contributed by atoms with Crippen molar-refractivity contribution in [3.8, 4) is 0 Å². The standard InChI is InChI=1S/C12H22N2O5/c1-9(2)5-3-4-6-13-12(18)14-10(15)7-19-8-11(16)17/h9H,3-8H2,1-2H3,(H,16,17)(H2,13,14,15,18). The minimum atomic E-state index is -1.16. The van der Waals surface area contributed by atoms with Crippen molar-refractivity contribution >= 4 is 17.9 Å². The maximum atomic E-state index is 11.2. The van der Waals surface area contributed by atoms with E-state index in [1.165, 1.54) is 0 Å². The molecule has 0 rings (SSSR count). The Labute approximate surface area is 112 Å². The third-order valence-electron chi connectivity index (χ3n) is 2.21. The monoisotopic (exact) mass is 274 g/mol. The molecule has 7 heteroatoms. The van der Waals surface area contributed by atoms with Crippen LogP contribution < -0.4 is 10.6 Å². The first-order valence-electron chi connectivity index (χ1n) is 6.29. The zero-order valence-corrected chi connectivity index (χ0v) is 11.4. The van der Waals surface area contributed by atoms with E-state index in [0.717, 1.165) is 19.3 Å². The average Bonchev–Trinajstić information content (AvgIpc) is 2.27. The summed E-state index contributed by atoms with van der Waals surface area (Å²) in [6.07, 6.45) is 2.98. The third kappa shape index (κ3) is 12.6. The van der Waals surface area contributed by atoms with Crippen LogP contribution in [0.5, 0.6) is 0 Å². The molecule has 0 bridgehead atoms. The van der Waals surface area contributed by atoms with Gasteiger partial charge in [0.05, 0.1) is 0 Å². The highest BCUT2D eigenvalue weighted by Crippen LogP contribution is 2.04. The van der Waals surface area contributed by atoms with Gasteiger partial charge in [0.25, 0.3) is 5.91 Å². The molecule has 110 valence electrons. The van der Waals surface area contributed by atoms with Gasteiger partial charge >= 0.3 is 12.0 Å². The van der Waals surface area contributed by atoms with Gasteiger partial charge in [0.15, 0.2) is 0 Å². The molecule has 7 nitrogen and oxygen atoms in total. The number of carbonyl (C=O) groups excluding carboxylic acids is 2. The number of carboxylic acids is 1. The highest BCUT2D eigenvalue weighted by molar-refractivity contribution is 5.94. The van der Waals surface area contributed by atoms with E-state index in [2.05, 4.69) is 23.9 Å². The van der Waals surface area contributed by atoms with Crippen LogP contribution in [0, 0.1) is 5.92 Å². The molecule has 0 fully saturated rings. The number of hydrogen-bond acceptors (Lipinski definition) is 4.